The molecule has 1 aromatic carbocycles. The van der Waals surface area contributed by atoms with E-state index in [1.165, 1.54) is 13.2 Å². The van der Waals surface area contributed by atoms with E-state index in [0.29, 0.717) is 24.7 Å². The smallest absolute Gasteiger partial charge is 0.330 e. The van der Waals surface area contributed by atoms with Gasteiger partial charge in [0, 0.05) is 6.08 Å². The van der Waals surface area contributed by atoms with Gasteiger partial charge in [0.25, 0.3) is 0 Å². The van der Waals surface area contributed by atoms with Crippen LogP contribution in [0.4, 0.5) is 0 Å². The van der Waals surface area contributed by atoms with Crippen molar-refractivity contribution in [3.8, 4) is 11.5 Å². The summed E-state index contributed by atoms with van der Waals surface area (Å²) in [5.74, 6) is 1.02. The molecule has 4 heteroatoms. The highest BCUT2D eigenvalue weighted by Gasteiger charge is 2.05. The topological polar surface area (TPSA) is 44.8 Å². The molecule has 0 aliphatic rings. The highest BCUT2D eigenvalue weighted by molar-refractivity contribution is 5.87. The summed E-state index contributed by atoms with van der Waals surface area (Å²) in [5.41, 5.74) is 0.861. The Morgan fingerprint density at radius 1 is 1.21 bits per heavy atom. The maximum absolute atomic E-state index is 11.0. The van der Waals surface area contributed by atoms with E-state index >= 15 is 0 Å². The van der Waals surface area contributed by atoms with Crippen LogP contribution in [0, 0.1) is 0 Å². The van der Waals surface area contributed by atoms with Crippen LogP contribution in [0.15, 0.2) is 24.3 Å². The van der Waals surface area contributed by atoms with Crippen LogP contribution in [0.5, 0.6) is 11.5 Å². The summed E-state index contributed by atoms with van der Waals surface area (Å²) in [7, 11) is 1.35. The molecule has 19 heavy (non-hydrogen) atoms. The molecule has 0 N–H and O–H groups in total. The van der Waals surface area contributed by atoms with Crippen molar-refractivity contribution in [1.29, 1.82) is 0 Å². The van der Waals surface area contributed by atoms with Gasteiger partial charge < -0.3 is 14.2 Å². The van der Waals surface area contributed by atoms with Crippen LogP contribution in [0.2, 0.25) is 0 Å². The van der Waals surface area contributed by atoms with Gasteiger partial charge in [-0.1, -0.05) is 13.0 Å². The first-order valence-corrected chi connectivity index (χ1v) is 6.37. The molecule has 1 rings (SSSR count). The standard InChI is InChI=1S/C15H20O4/c1-4-10-19-14-11-12(7-9-15(16)17-3)6-8-13(14)18-5-2/h6-9,11H,4-5,10H2,1-3H3. The summed E-state index contributed by atoms with van der Waals surface area (Å²) < 4.78 is 15.7. The van der Waals surface area contributed by atoms with Gasteiger partial charge in [0.05, 0.1) is 20.3 Å². The molecule has 0 amide bonds. The minimum absolute atomic E-state index is 0.384. The van der Waals surface area contributed by atoms with Crippen LogP contribution < -0.4 is 9.47 Å². The number of rotatable bonds is 7. The van der Waals surface area contributed by atoms with Crippen molar-refractivity contribution in [2.45, 2.75) is 20.3 Å². The van der Waals surface area contributed by atoms with Crippen molar-refractivity contribution in [2.75, 3.05) is 20.3 Å². The van der Waals surface area contributed by atoms with Crippen molar-refractivity contribution < 1.29 is 19.0 Å². The second kappa shape index (κ2) is 8.19. The molecular weight excluding hydrogens is 244 g/mol. The maximum Gasteiger partial charge on any atom is 0.330 e. The van der Waals surface area contributed by atoms with Crippen LogP contribution in [-0.2, 0) is 9.53 Å². The van der Waals surface area contributed by atoms with Gasteiger partial charge in [0.2, 0.25) is 0 Å². The molecule has 4 nitrogen and oxygen atoms in total. The molecular formula is C15H20O4. The fourth-order valence-electron chi connectivity index (χ4n) is 1.46. The molecule has 0 saturated heterocycles. The Morgan fingerprint density at radius 3 is 2.63 bits per heavy atom. The number of esters is 1. The van der Waals surface area contributed by atoms with Crippen molar-refractivity contribution in [2.24, 2.45) is 0 Å². The lowest BCUT2D eigenvalue weighted by atomic mass is 10.2. The Balaban J connectivity index is 2.89. The highest BCUT2D eigenvalue weighted by atomic mass is 16.5. The third-order valence-corrected chi connectivity index (χ3v) is 2.34. The zero-order valence-electron chi connectivity index (χ0n) is 11.6. The number of benzene rings is 1. The Labute approximate surface area is 114 Å². The SMILES string of the molecule is CCCOc1cc(C=CC(=O)OC)ccc1OCC. The minimum atomic E-state index is -0.384. The van der Waals surface area contributed by atoms with Crippen molar-refractivity contribution in [3.05, 3.63) is 29.8 Å². The second-order valence-corrected chi connectivity index (χ2v) is 3.84. The van der Waals surface area contributed by atoms with Crippen LogP contribution in [0.25, 0.3) is 6.08 Å². The number of methoxy groups -OCH3 is 1. The first kappa shape index (κ1) is 15.1. The number of carbonyl (C=O) groups is 1. The summed E-state index contributed by atoms with van der Waals surface area (Å²) >= 11 is 0. The van der Waals surface area contributed by atoms with Gasteiger partial charge in [-0.05, 0) is 37.1 Å². The van der Waals surface area contributed by atoms with E-state index in [1.54, 1.807) is 6.08 Å². The predicted molar refractivity (Wildman–Crippen MR) is 74.4 cm³/mol. The van der Waals surface area contributed by atoms with E-state index < -0.39 is 0 Å². The number of ether oxygens (including phenoxy) is 3. The van der Waals surface area contributed by atoms with Crippen LogP contribution in [0.3, 0.4) is 0 Å². The molecule has 0 spiro atoms. The first-order chi connectivity index (χ1) is 9.21. The minimum Gasteiger partial charge on any atom is -0.490 e. The Bertz CT molecular complexity index is 438. The molecule has 0 atom stereocenters. The van der Waals surface area contributed by atoms with Gasteiger partial charge >= 0.3 is 5.97 Å². The predicted octanol–water partition coefficient (Wildman–Crippen LogP) is 3.06. The summed E-state index contributed by atoms with van der Waals surface area (Å²) in [4.78, 5) is 11.0. The van der Waals surface area contributed by atoms with Crippen molar-refractivity contribution in [3.63, 3.8) is 0 Å². The molecule has 0 bridgehead atoms. The summed E-state index contributed by atoms with van der Waals surface area (Å²) in [6.45, 7) is 5.18. The summed E-state index contributed by atoms with van der Waals surface area (Å²) in [6, 6.07) is 5.55. The number of hydrogen-bond donors (Lipinski definition) is 0. The molecule has 0 saturated carbocycles. The fraction of sp³-hybridized carbons (Fsp3) is 0.400. The van der Waals surface area contributed by atoms with Crippen LogP contribution in [0.1, 0.15) is 25.8 Å². The number of carbonyl (C=O) groups excluding carboxylic acids is 1. The van der Waals surface area contributed by atoms with Crippen molar-refractivity contribution in [1.82, 2.24) is 0 Å². The molecule has 0 aromatic heterocycles. The Morgan fingerprint density at radius 2 is 2.00 bits per heavy atom. The lowest BCUT2D eigenvalue weighted by molar-refractivity contribution is -0.134. The molecule has 0 aliphatic heterocycles. The lowest BCUT2D eigenvalue weighted by Gasteiger charge is -2.11. The molecule has 0 heterocycles. The molecule has 0 unspecified atom stereocenters. The van der Waals surface area contributed by atoms with Gasteiger partial charge in [-0.2, -0.15) is 0 Å². The van der Waals surface area contributed by atoms with E-state index in [0.717, 1.165) is 12.0 Å². The third-order valence-electron chi connectivity index (χ3n) is 2.34. The van der Waals surface area contributed by atoms with Gasteiger partial charge in [-0.3, -0.25) is 0 Å². The first-order valence-electron chi connectivity index (χ1n) is 6.37. The van der Waals surface area contributed by atoms with Crippen LogP contribution in [-0.4, -0.2) is 26.3 Å². The third kappa shape index (κ3) is 5.04. The summed E-state index contributed by atoms with van der Waals surface area (Å²) in [6.07, 6.45) is 3.98. The summed E-state index contributed by atoms with van der Waals surface area (Å²) in [5, 5.41) is 0. The van der Waals surface area contributed by atoms with Gasteiger partial charge in [-0.25, -0.2) is 4.79 Å². The molecule has 104 valence electrons. The molecule has 0 fully saturated rings. The monoisotopic (exact) mass is 264 g/mol. The van der Waals surface area contributed by atoms with Gasteiger partial charge in [0.15, 0.2) is 11.5 Å². The van der Waals surface area contributed by atoms with E-state index in [1.807, 2.05) is 32.0 Å². The van der Waals surface area contributed by atoms with E-state index in [9.17, 15) is 4.79 Å². The largest absolute Gasteiger partial charge is 0.490 e. The van der Waals surface area contributed by atoms with Gasteiger partial charge in [0.1, 0.15) is 0 Å². The zero-order chi connectivity index (χ0) is 14.1. The zero-order valence-corrected chi connectivity index (χ0v) is 11.6. The average molecular weight is 264 g/mol. The van der Waals surface area contributed by atoms with Gasteiger partial charge in [-0.15, -0.1) is 0 Å². The quantitative estimate of drug-likeness (QED) is 0.561. The fourth-order valence-corrected chi connectivity index (χ4v) is 1.46. The average Bonchev–Trinajstić information content (AvgIpc) is 2.44. The van der Waals surface area contributed by atoms with Crippen molar-refractivity contribution >= 4 is 12.0 Å². The highest BCUT2D eigenvalue weighted by Crippen LogP contribution is 2.29. The molecule has 0 radical (unpaired) electrons. The van der Waals surface area contributed by atoms with E-state index in [-0.39, 0.29) is 5.97 Å². The Kier molecular flexibility index (Phi) is 6.50. The normalized spacial score (nSPS) is 10.5. The number of hydrogen-bond acceptors (Lipinski definition) is 4. The van der Waals surface area contributed by atoms with Crippen LogP contribution >= 0.6 is 0 Å². The van der Waals surface area contributed by atoms with E-state index in [2.05, 4.69) is 4.74 Å². The Hall–Kier alpha value is -1.97. The van der Waals surface area contributed by atoms with E-state index in [4.69, 9.17) is 9.47 Å². The lowest BCUT2D eigenvalue weighted by Crippen LogP contribution is -2.00. The maximum atomic E-state index is 11.0. The second-order valence-electron chi connectivity index (χ2n) is 3.84. The molecule has 1 aromatic rings. The molecule has 0 aliphatic carbocycles.